The molecule has 1 aromatic heterocycles. The Bertz CT molecular complexity index is 594. The number of amides is 1. The average Bonchev–Trinajstić information content (AvgIpc) is 3.05. The van der Waals surface area contributed by atoms with E-state index in [1.54, 1.807) is 4.68 Å². The van der Waals surface area contributed by atoms with Gasteiger partial charge in [0.1, 0.15) is 0 Å². The third-order valence-electron chi connectivity index (χ3n) is 4.32. The molecule has 0 saturated carbocycles. The van der Waals surface area contributed by atoms with Crippen molar-refractivity contribution in [2.75, 3.05) is 6.54 Å². The number of para-hydroxylation sites is 1. The lowest BCUT2D eigenvalue weighted by Crippen LogP contribution is -2.45. The van der Waals surface area contributed by atoms with Crippen LogP contribution in [0.25, 0.3) is 5.69 Å². The minimum Gasteiger partial charge on any atom is -0.350 e. The number of hydrogen-bond donors (Lipinski definition) is 2. The molecule has 0 spiro atoms. The summed E-state index contributed by atoms with van der Waals surface area (Å²) in [4.78, 5) is 12.4. The molecule has 2 aromatic rings. The third kappa shape index (κ3) is 3.36. The number of benzene rings is 1. The van der Waals surface area contributed by atoms with Crippen LogP contribution in [0, 0.1) is 5.41 Å². The molecule has 0 aliphatic rings. The van der Waals surface area contributed by atoms with Gasteiger partial charge < -0.3 is 11.1 Å². The van der Waals surface area contributed by atoms with Gasteiger partial charge in [-0.2, -0.15) is 5.10 Å². The van der Waals surface area contributed by atoms with Crippen LogP contribution in [0.4, 0.5) is 0 Å². The summed E-state index contributed by atoms with van der Waals surface area (Å²) < 4.78 is 1.80. The van der Waals surface area contributed by atoms with Gasteiger partial charge in [-0.25, -0.2) is 4.68 Å². The van der Waals surface area contributed by atoms with Crippen LogP contribution in [-0.4, -0.2) is 22.2 Å². The van der Waals surface area contributed by atoms with Gasteiger partial charge in [-0.3, -0.25) is 4.79 Å². The molecule has 0 bridgehead atoms. The fourth-order valence-corrected chi connectivity index (χ4v) is 2.49. The topological polar surface area (TPSA) is 72.9 Å². The van der Waals surface area contributed by atoms with Crippen molar-refractivity contribution in [1.29, 1.82) is 0 Å². The molecule has 0 fully saturated rings. The first-order chi connectivity index (χ1) is 10.6. The number of carbonyl (C=O) groups is 1. The Morgan fingerprint density at radius 3 is 2.50 bits per heavy atom. The predicted octanol–water partition coefficient (Wildman–Crippen LogP) is 2.25. The summed E-state index contributed by atoms with van der Waals surface area (Å²) in [5.74, 6) is 0.00858. The summed E-state index contributed by atoms with van der Waals surface area (Å²) >= 11 is 0. The molecule has 0 atom stereocenters. The molecule has 0 aliphatic carbocycles. The largest absolute Gasteiger partial charge is 0.350 e. The van der Waals surface area contributed by atoms with E-state index < -0.39 is 5.41 Å². The first kappa shape index (κ1) is 16.2. The highest BCUT2D eigenvalue weighted by molar-refractivity contribution is 5.82. The standard InChI is InChI=1S/C17H24N4O/c1-3-17(4-2,13-18)16(22)19-12-14-10-11-21(20-14)15-8-6-5-7-9-15/h5-11H,3-4,12-13,18H2,1-2H3,(H,19,22). The minimum atomic E-state index is -0.470. The Kier molecular flexibility index (Phi) is 5.33. The number of nitrogens with two attached hydrogens (primary N) is 1. The van der Waals surface area contributed by atoms with Gasteiger partial charge in [-0.15, -0.1) is 0 Å². The van der Waals surface area contributed by atoms with Gasteiger partial charge in [0.15, 0.2) is 0 Å². The maximum Gasteiger partial charge on any atom is 0.227 e. The summed E-state index contributed by atoms with van der Waals surface area (Å²) in [6, 6.07) is 11.8. The quantitative estimate of drug-likeness (QED) is 0.823. The van der Waals surface area contributed by atoms with Crippen molar-refractivity contribution in [3.63, 3.8) is 0 Å². The van der Waals surface area contributed by atoms with Crippen molar-refractivity contribution in [3.05, 3.63) is 48.3 Å². The smallest absolute Gasteiger partial charge is 0.227 e. The van der Waals surface area contributed by atoms with Crippen molar-refractivity contribution >= 4 is 5.91 Å². The summed E-state index contributed by atoms with van der Waals surface area (Å²) in [6.07, 6.45) is 3.38. The molecular formula is C17H24N4O. The van der Waals surface area contributed by atoms with Crippen LogP contribution in [0.15, 0.2) is 42.6 Å². The molecule has 1 amide bonds. The first-order valence-corrected chi connectivity index (χ1v) is 7.73. The van der Waals surface area contributed by atoms with Crippen molar-refractivity contribution in [3.8, 4) is 5.69 Å². The number of aromatic nitrogens is 2. The molecule has 118 valence electrons. The molecule has 1 aromatic carbocycles. The first-order valence-electron chi connectivity index (χ1n) is 7.73. The summed E-state index contributed by atoms with van der Waals surface area (Å²) in [5, 5.41) is 7.45. The lowest BCUT2D eigenvalue weighted by Gasteiger charge is -2.28. The molecule has 5 nitrogen and oxygen atoms in total. The number of carbonyl (C=O) groups excluding carboxylic acids is 1. The molecule has 3 N–H and O–H groups in total. The van der Waals surface area contributed by atoms with Gasteiger partial charge in [-0.05, 0) is 31.0 Å². The molecule has 0 unspecified atom stereocenters. The number of nitrogens with one attached hydrogen (secondary N) is 1. The van der Waals surface area contributed by atoms with E-state index in [0.29, 0.717) is 13.1 Å². The van der Waals surface area contributed by atoms with Crippen molar-refractivity contribution < 1.29 is 4.79 Å². The van der Waals surface area contributed by atoms with Gasteiger partial charge in [0, 0.05) is 12.7 Å². The Morgan fingerprint density at radius 2 is 1.91 bits per heavy atom. The lowest BCUT2D eigenvalue weighted by atomic mass is 9.81. The molecule has 22 heavy (non-hydrogen) atoms. The van der Waals surface area contributed by atoms with Crippen molar-refractivity contribution in [2.45, 2.75) is 33.2 Å². The lowest BCUT2D eigenvalue weighted by molar-refractivity contribution is -0.131. The van der Waals surface area contributed by atoms with E-state index in [0.717, 1.165) is 24.2 Å². The van der Waals surface area contributed by atoms with Crippen LogP contribution < -0.4 is 11.1 Å². The number of hydrogen-bond acceptors (Lipinski definition) is 3. The van der Waals surface area contributed by atoms with Gasteiger partial charge in [0.25, 0.3) is 0 Å². The van der Waals surface area contributed by atoms with Gasteiger partial charge >= 0.3 is 0 Å². The highest BCUT2D eigenvalue weighted by atomic mass is 16.2. The molecule has 0 aliphatic heterocycles. The van der Waals surface area contributed by atoms with Crippen LogP contribution in [0.5, 0.6) is 0 Å². The second-order valence-electron chi connectivity index (χ2n) is 5.46. The summed E-state index contributed by atoms with van der Waals surface area (Å²) in [5.41, 5.74) is 7.16. The zero-order valence-corrected chi connectivity index (χ0v) is 13.2. The predicted molar refractivity (Wildman–Crippen MR) is 87.5 cm³/mol. The van der Waals surface area contributed by atoms with E-state index >= 15 is 0 Å². The zero-order valence-electron chi connectivity index (χ0n) is 13.2. The van der Waals surface area contributed by atoms with Crippen LogP contribution >= 0.6 is 0 Å². The SMILES string of the molecule is CCC(CC)(CN)C(=O)NCc1ccn(-c2ccccc2)n1. The molecular weight excluding hydrogens is 276 g/mol. The maximum absolute atomic E-state index is 12.4. The van der Waals surface area contributed by atoms with E-state index in [9.17, 15) is 4.79 Å². The van der Waals surface area contributed by atoms with Crippen LogP contribution in [0.3, 0.4) is 0 Å². The maximum atomic E-state index is 12.4. The fourth-order valence-electron chi connectivity index (χ4n) is 2.49. The monoisotopic (exact) mass is 300 g/mol. The van der Waals surface area contributed by atoms with Crippen molar-refractivity contribution in [1.82, 2.24) is 15.1 Å². The molecule has 1 heterocycles. The molecule has 5 heteroatoms. The minimum absolute atomic E-state index is 0.00858. The Labute approximate surface area is 131 Å². The second kappa shape index (κ2) is 7.22. The third-order valence-corrected chi connectivity index (χ3v) is 4.32. The second-order valence-corrected chi connectivity index (χ2v) is 5.46. The average molecular weight is 300 g/mol. The molecule has 0 radical (unpaired) electrons. The van der Waals surface area contributed by atoms with Crippen LogP contribution in [0.1, 0.15) is 32.4 Å². The fraction of sp³-hybridized carbons (Fsp3) is 0.412. The van der Waals surface area contributed by atoms with Crippen molar-refractivity contribution in [2.24, 2.45) is 11.1 Å². The molecule has 0 saturated heterocycles. The Hall–Kier alpha value is -2.14. The number of nitrogens with zero attached hydrogens (tertiary/aromatic N) is 2. The van der Waals surface area contributed by atoms with E-state index in [1.165, 1.54) is 0 Å². The van der Waals surface area contributed by atoms with E-state index in [2.05, 4.69) is 10.4 Å². The summed E-state index contributed by atoms with van der Waals surface area (Å²) in [7, 11) is 0. The zero-order chi connectivity index (χ0) is 16.0. The van der Waals surface area contributed by atoms with Gasteiger partial charge in [0.2, 0.25) is 5.91 Å². The Morgan fingerprint density at radius 1 is 1.23 bits per heavy atom. The summed E-state index contributed by atoms with van der Waals surface area (Å²) in [6.45, 7) is 4.78. The van der Waals surface area contributed by atoms with E-state index in [4.69, 9.17) is 5.73 Å². The molecule has 2 rings (SSSR count). The van der Waals surface area contributed by atoms with Gasteiger partial charge in [0.05, 0.1) is 23.3 Å². The highest BCUT2D eigenvalue weighted by Crippen LogP contribution is 2.25. The van der Waals surface area contributed by atoms with E-state index in [1.807, 2.05) is 56.4 Å². The normalized spacial score (nSPS) is 11.4. The Balaban J connectivity index is 2.01. The number of rotatable bonds is 7. The highest BCUT2D eigenvalue weighted by Gasteiger charge is 2.33. The van der Waals surface area contributed by atoms with Crippen LogP contribution in [0.2, 0.25) is 0 Å². The van der Waals surface area contributed by atoms with Gasteiger partial charge in [-0.1, -0.05) is 32.0 Å². The van der Waals surface area contributed by atoms with E-state index in [-0.39, 0.29) is 5.91 Å². The van der Waals surface area contributed by atoms with Crippen LogP contribution in [-0.2, 0) is 11.3 Å².